The second-order valence-electron chi connectivity index (χ2n) is 3.76. The highest BCUT2D eigenvalue weighted by atomic mass is 14.8. The fourth-order valence-electron chi connectivity index (χ4n) is 2.18. The molecule has 0 aromatic heterocycles. The van der Waals surface area contributed by atoms with Gasteiger partial charge < -0.3 is 11.1 Å². The summed E-state index contributed by atoms with van der Waals surface area (Å²) in [6.07, 6.45) is 3.36. The van der Waals surface area contributed by atoms with E-state index >= 15 is 0 Å². The maximum absolute atomic E-state index is 5.97. The van der Waals surface area contributed by atoms with Crippen molar-refractivity contribution in [3.05, 3.63) is 29.8 Å². The molecule has 1 aromatic carbocycles. The first-order valence-electron chi connectivity index (χ1n) is 5.01. The molecular formula is C12H16N2. The summed E-state index contributed by atoms with van der Waals surface area (Å²) in [6.45, 7) is 4.08. The summed E-state index contributed by atoms with van der Waals surface area (Å²) in [4.78, 5) is 0. The van der Waals surface area contributed by atoms with Crippen molar-refractivity contribution in [2.45, 2.75) is 19.3 Å². The van der Waals surface area contributed by atoms with Crippen LogP contribution in [0.15, 0.2) is 18.7 Å². The van der Waals surface area contributed by atoms with Crippen molar-refractivity contribution < 1.29 is 0 Å². The van der Waals surface area contributed by atoms with Gasteiger partial charge in [0.25, 0.3) is 0 Å². The van der Waals surface area contributed by atoms with Crippen molar-refractivity contribution in [2.24, 2.45) is 0 Å². The average molecular weight is 188 g/mol. The van der Waals surface area contributed by atoms with E-state index in [0.717, 1.165) is 18.5 Å². The van der Waals surface area contributed by atoms with Gasteiger partial charge in [-0.1, -0.05) is 6.58 Å². The Morgan fingerprint density at radius 2 is 2.14 bits per heavy atom. The minimum atomic E-state index is 0.865. The molecule has 74 valence electrons. The van der Waals surface area contributed by atoms with Gasteiger partial charge in [-0.3, -0.25) is 0 Å². The van der Waals surface area contributed by atoms with Gasteiger partial charge in [-0.2, -0.15) is 0 Å². The van der Waals surface area contributed by atoms with Crippen LogP contribution in [0.25, 0.3) is 5.57 Å². The Kier molecular flexibility index (Phi) is 2.20. The summed E-state index contributed by atoms with van der Waals surface area (Å²) < 4.78 is 0. The van der Waals surface area contributed by atoms with Crippen molar-refractivity contribution in [3.8, 4) is 0 Å². The van der Waals surface area contributed by atoms with Crippen LogP contribution in [0.2, 0.25) is 0 Å². The lowest BCUT2D eigenvalue weighted by Gasteiger charge is -2.22. The van der Waals surface area contributed by atoms with E-state index in [1.807, 2.05) is 19.2 Å². The zero-order valence-corrected chi connectivity index (χ0v) is 8.56. The predicted molar refractivity (Wildman–Crippen MR) is 62.4 cm³/mol. The molecule has 0 radical (unpaired) electrons. The molecular weight excluding hydrogens is 172 g/mol. The number of nitrogens with one attached hydrogen (secondary N) is 1. The Morgan fingerprint density at radius 1 is 1.36 bits per heavy atom. The lowest BCUT2D eigenvalue weighted by atomic mass is 9.86. The first-order valence-corrected chi connectivity index (χ1v) is 5.01. The minimum Gasteiger partial charge on any atom is -0.398 e. The molecule has 1 aliphatic carbocycles. The molecule has 0 fully saturated rings. The van der Waals surface area contributed by atoms with Crippen molar-refractivity contribution in [1.82, 2.24) is 0 Å². The normalized spacial score (nSPS) is 15.1. The summed E-state index contributed by atoms with van der Waals surface area (Å²) in [5.74, 6) is 0. The Balaban J connectivity index is 2.63. The number of allylic oxidation sites excluding steroid dienone is 1. The van der Waals surface area contributed by atoms with Crippen LogP contribution >= 0.6 is 0 Å². The molecule has 0 bridgehead atoms. The second-order valence-corrected chi connectivity index (χ2v) is 3.76. The van der Waals surface area contributed by atoms with Gasteiger partial charge in [0.05, 0.1) is 0 Å². The van der Waals surface area contributed by atoms with E-state index in [-0.39, 0.29) is 0 Å². The highest BCUT2D eigenvalue weighted by Gasteiger charge is 2.17. The first kappa shape index (κ1) is 9.13. The van der Waals surface area contributed by atoms with E-state index in [9.17, 15) is 0 Å². The third-order valence-electron chi connectivity index (χ3n) is 2.87. The van der Waals surface area contributed by atoms with Crippen molar-refractivity contribution in [1.29, 1.82) is 0 Å². The van der Waals surface area contributed by atoms with E-state index in [1.54, 1.807) is 0 Å². The lowest BCUT2D eigenvalue weighted by molar-refractivity contribution is 0.826. The fourth-order valence-corrected chi connectivity index (χ4v) is 2.18. The van der Waals surface area contributed by atoms with E-state index in [1.165, 1.54) is 28.8 Å². The summed E-state index contributed by atoms with van der Waals surface area (Å²) in [7, 11) is 1.95. The molecule has 1 aliphatic rings. The maximum Gasteiger partial charge on any atom is 0.0394 e. The molecule has 3 N–H and O–H groups in total. The van der Waals surface area contributed by atoms with Gasteiger partial charge in [-0.25, -0.2) is 0 Å². The summed E-state index contributed by atoms with van der Waals surface area (Å²) in [5, 5.41) is 3.21. The van der Waals surface area contributed by atoms with Gasteiger partial charge in [-0.05, 0) is 42.5 Å². The lowest BCUT2D eigenvalue weighted by Crippen LogP contribution is -2.08. The molecule has 0 spiro atoms. The van der Waals surface area contributed by atoms with Crippen LogP contribution in [0.5, 0.6) is 0 Å². The van der Waals surface area contributed by atoms with Crippen LogP contribution in [0.4, 0.5) is 11.4 Å². The van der Waals surface area contributed by atoms with E-state index < -0.39 is 0 Å². The number of benzene rings is 1. The van der Waals surface area contributed by atoms with Crippen LogP contribution < -0.4 is 11.1 Å². The molecule has 0 atom stereocenters. The molecule has 1 aromatic rings. The summed E-state index contributed by atoms with van der Waals surface area (Å²) in [6, 6.07) is 4.01. The zero-order chi connectivity index (χ0) is 10.1. The van der Waals surface area contributed by atoms with Gasteiger partial charge in [0.15, 0.2) is 0 Å². The second kappa shape index (κ2) is 3.37. The third-order valence-corrected chi connectivity index (χ3v) is 2.87. The van der Waals surface area contributed by atoms with E-state index in [4.69, 9.17) is 5.73 Å². The monoisotopic (exact) mass is 188 g/mol. The van der Waals surface area contributed by atoms with Gasteiger partial charge in [-0.15, -0.1) is 0 Å². The topological polar surface area (TPSA) is 38.0 Å². The molecule has 2 nitrogen and oxygen atoms in total. The number of rotatable bonds is 1. The fraction of sp³-hybridized carbons (Fsp3) is 0.333. The molecule has 0 aliphatic heterocycles. The number of anilines is 2. The molecule has 0 saturated heterocycles. The van der Waals surface area contributed by atoms with Crippen LogP contribution in [0, 0.1) is 0 Å². The SMILES string of the molecule is C=C1CCCc2c(NC)ccc(N)c21. The van der Waals surface area contributed by atoms with Crippen LogP contribution in [-0.2, 0) is 6.42 Å². The van der Waals surface area contributed by atoms with Crippen LogP contribution in [0.3, 0.4) is 0 Å². The van der Waals surface area contributed by atoms with Gasteiger partial charge in [0.2, 0.25) is 0 Å². The zero-order valence-electron chi connectivity index (χ0n) is 8.56. The van der Waals surface area contributed by atoms with Crippen LogP contribution in [0.1, 0.15) is 24.0 Å². The molecule has 2 heteroatoms. The van der Waals surface area contributed by atoms with Gasteiger partial charge >= 0.3 is 0 Å². The molecule has 0 amide bonds. The quantitative estimate of drug-likeness (QED) is 0.665. The summed E-state index contributed by atoms with van der Waals surface area (Å²) in [5.41, 5.74) is 11.7. The van der Waals surface area contributed by atoms with Crippen molar-refractivity contribution >= 4 is 16.9 Å². The molecule has 14 heavy (non-hydrogen) atoms. The number of fused-ring (bicyclic) bond motifs is 1. The van der Waals surface area contributed by atoms with E-state index in [0.29, 0.717) is 0 Å². The highest BCUT2D eigenvalue weighted by molar-refractivity contribution is 5.81. The standard InChI is InChI=1S/C12H16N2/c1-8-4-3-5-9-11(14-2)7-6-10(13)12(8)9/h6-7,14H,1,3-5,13H2,2H3. The van der Waals surface area contributed by atoms with Gasteiger partial charge in [0.1, 0.15) is 0 Å². The number of nitrogens with two attached hydrogens (primary N) is 1. The molecule has 0 unspecified atom stereocenters. The number of hydrogen-bond donors (Lipinski definition) is 2. The largest absolute Gasteiger partial charge is 0.398 e. The highest BCUT2D eigenvalue weighted by Crippen LogP contribution is 2.37. The molecule has 0 saturated carbocycles. The van der Waals surface area contributed by atoms with Gasteiger partial charge in [0, 0.05) is 24.0 Å². The summed E-state index contributed by atoms with van der Waals surface area (Å²) >= 11 is 0. The Labute approximate surface area is 84.8 Å². The molecule has 0 heterocycles. The van der Waals surface area contributed by atoms with E-state index in [2.05, 4.69) is 11.9 Å². The average Bonchev–Trinajstić information content (AvgIpc) is 2.18. The minimum absolute atomic E-state index is 0.865. The third kappa shape index (κ3) is 1.27. The van der Waals surface area contributed by atoms with Crippen LogP contribution in [-0.4, -0.2) is 7.05 Å². The molecule has 2 rings (SSSR count). The van der Waals surface area contributed by atoms with Crippen molar-refractivity contribution in [3.63, 3.8) is 0 Å². The Bertz CT molecular complexity index is 380. The first-order chi connectivity index (χ1) is 6.74. The Hall–Kier alpha value is -1.44. The Morgan fingerprint density at radius 3 is 2.86 bits per heavy atom. The number of hydrogen-bond acceptors (Lipinski definition) is 2. The smallest absolute Gasteiger partial charge is 0.0394 e. The predicted octanol–water partition coefficient (Wildman–Crippen LogP) is 2.66. The van der Waals surface area contributed by atoms with Crippen molar-refractivity contribution in [2.75, 3.05) is 18.1 Å². The number of nitrogen functional groups attached to an aromatic ring is 1. The maximum atomic E-state index is 5.97.